The van der Waals surface area contributed by atoms with E-state index in [0.717, 1.165) is 12.1 Å². The number of hydrogen-bond donors (Lipinski definition) is 1. The van der Waals surface area contributed by atoms with Crippen LogP contribution in [0.25, 0.3) is 0 Å². The van der Waals surface area contributed by atoms with Gasteiger partial charge in [-0.1, -0.05) is 17.7 Å². The average molecular weight is 285 g/mol. The minimum absolute atomic E-state index is 0.00687. The quantitative estimate of drug-likeness (QED) is 0.922. The zero-order valence-electron chi connectivity index (χ0n) is 9.36. The summed E-state index contributed by atoms with van der Waals surface area (Å²) in [5.74, 6) is -3.45. The molecule has 0 saturated carbocycles. The maximum atomic E-state index is 13.0. The topological polar surface area (TPSA) is 46.5 Å². The molecule has 6 heteroatoms. The van der Waals surface area contributed by atoms with E-state index in [2.05, 4.69) is 0 Å². The average Bonchev–Trinajstić information content (AvgIpc) is 2.33. The van der Waals surface area contributed by atoms with Gasteiger partial charge in [0, 0.05) is 6.07 Å². The van der Waals surface area contributed by atoms with Crippen molar-refractivity contribution in [2.75, 3.05) is 0 Å². The molecule has 0 radical (unpaired) electrons. The molecule has 0 heterocycles. The Morgan fingerprint density at radius 1 is 1.16 bits per heavy atom. The van der Waals surface area contributed by atoms with Crippen molar-refractivity contribution in [3.05, 3.63) is 58.6 Å². The van der Waals surface area contributed by atoms with E-state index in [1.165, 1.54) is 24.3 Å². The number of ether oxygens (including phenoxy) is 1. The molecular weight excluding hydrogens is 278 g/mol. The fourth-order valence-corrected chi connectivity index (χ4v) is 1.71. The van der Waals surface area contributed by atoms with E-state index in [4.69, 9.17) is 21.4 Å². The summed E-state index contributed by atoms with van der Waals surface area (Å²) in [6.07, 6.45) is 0. The van der Waals surface area contributed by atoms with Gasteiger partial charge in [-0.05, 0) is 24.3 Å². The smallest absolute Gasteiger partial charge is 0.341 e. The number of benzene rings is 2. The number of hydrogen-bond acceptors (Lipinski definition) is 2. The highest BCUT2D eigenvalue weighted by molar-refractivity contribution is 6.33. The lowest BCUT2D eigenvalue weighted by molar-refractivity contribution is 0.0694. The SMILES string of the molecule is O=C(O)c1c(Cl)cccc1Oc1ccc(F)c(F)c1. The number of carboxylic acids is 1. The minimum atomic E-state index is -1.27. The van der Waals surface area contributed by atoms with Crippen LogP contribution in [-0.4, -0.2) is 11.1 Å². The summed E-state index contributed by atoms with van der Waals surface area (Å²) >= 11 is 5.75. The molecule has 0 aliphatic rings. The third-order valence-corrected chi connectivity index (χ3v) is 2.62. The fraction of sp³-hybridized carbons (Fsp3) is 0. The van der Waals surface area contributed by atoms with Gasteiger partial charge >= 0.3 is 5.97 Å². The first-order valence-electron chi connectivity index (χ1n) is 5.13. The second kappa shape index (κ2) is 5.24. The van der Waals surface area contributed by atoms with Gasteiger partial charge in [0.2, 0.25) is 0 Å². The van der Waals surface area contributed by atoms with Gasteiger partial charge in [-0.2, -0.15) is 0 Å². The Kier molecular flexibility index (Phi) is 3.66. The molecule has 0 aliphatic carbocycles. The standard InChI is InChI=1S/C13H7ClF2O3/c14-8-2-1-3-11(12(8)13(17)18)19-7-4-5-9(15)10(16)6-7/h1-6H,(H,17,18). The molecule has 0 unspecified atom stereocenters. The van der Waals surface area contributed by atoms with E-state index < -0.39 is 17.6 Å². The molecule has 98 valence electrons. The van der Waals surface area contributed by atoms with Crippen molar-refractivity contribution in [2.24, 2.45) is 0 Å². The van der Waals surface area contributed by atoms with Crippen LogP contribution in [0.5, 0.6) is 11.5 Å². The van der Waals surface area contributed by atoms with Crippen LogP contribution in [0.3, 0.4) is 0 Å². The van der Waals surface area contributed by atoms with Crippen molar-refractivity contribution in [3.8, 4) is 11.5 Å². The Bertz CT molecular complexity index is 644. The number of carboxylic acid groups (broad SMARTS) is 1. The summed E-state index contributed by atoms with van der Waals surface area (Å²) < 4.78 is 31.0. The van der Waals surface area contributed by atoms with Crippen molar-refractivity contribution in [2.45, 2.75) is 0 Å². The number of halogens is 3. The van der Waals surface area contributed by atoms with Crippen LogP contribution in [0, 0.1) is 11.6 Å². The van der Waals surface area contributed by atoms with Crippen molar-refractivity contribution >= 4 is 17.6 Å². The van der Waals surface area contributed by atoms with Crippen molar-refractivity contribution in [1.82, 2.24) is 0 Å². The van der Waals surface area contributed by atoms with Gasteiger partial charge in [-0.15, -0.1) is 0 Å². The van der Waals surface area contributed by atoms with Gasteiger partial charge in [-0.25, -0.2) is 13.6 Å². The summed E-state index contributed by atoms with van der Waals surface area (Å²) in [6.45, 7) is 0. The number of carbonyl (C=O) groups is 1. The highest BCUT2D eigenvalue weighted by Crippen LogP contribution is 2.30. The molecule has 3 nitrogen and oxygen atoms in total. The van der Waals surface area contributed by atoms with Crippen LogP contribution in [0.4, 0.5) is 8.78 Å². The summed E-state index contributed by atoms with van der Waals surface area (Å²) in [5, 5.41) is 9.02. The highest BCUT2D eigenvalue weighted by Gasteiger charge is 2.16. The van der Waals surface area contributed by atoms with E-state index in [1.54, 1.807) is 0 Å². The maximum Gasteiger partial charge on any atom is 0.341 e. The summed E-state index contributed by atoms with van der Waals surface area (Å²) in [6, 6.07) is 7.15. The van der Waals surface area contributed by atoms with Gasteiger partial charge in [0.1, 0.15) is 17.1 Å². The molecule has 0 saturated heterocycles. The molecule has 0 fully saturated rings. The molecule has 2 rings (SSSR count). The Morgan fingerprint density at radius 2 is 1.89 bits per heavy atom. The largest absolute Gasteiger partial charge is 0.478 e. The van der Waals surface area contributed by atoms with Gasteiger partial charge < -0.3 is 9.84 Å². The molecule has 1 N–H and O–H groups in total. The second-order valence-corrected chi connectivity index (χ2v) is 4.00. The molecule has 0 aliphatic heterocycles. The molecular formula is C13H7ClF2O3. The predicted octanol–water partition coefficient (Wildman–Crippen LogP) is 4.11. The maximum absolute atomic E-state index is 13.0. The van der Waals surface area contributed by atoms with Crippen molar-refractivity contribution in [3.63, 3.8) is 0 Å². The molecule has 0 atom stereocenters. The first-order chi connectivity index (χ1) is 8.99. The predicted molar refractivity (Wildman–Crippen MR) is 64.8 cm³/mol. The van der Waals surface area contributed by atoms with Gasteiger partial charge in [-0.3, -0.25) is 0 Å². The van der Waals surface area contributed by atoms with E-state index in [0.29, 0.717) is 0 Å². The zero-order chi connectivity index (χ0) is 14.0. The highest BCUT2D eigenvalue weighted by atomic mass is 35.5. The normalized spacial score (nSPS) is 10.3. The molecule has 0 amide bonds. The third-order valence-electron chi connectivity index (χ3n) is 2.31. The Balaban J connectivity index is 2.40. The lowest BCUT2D eigenvalue weighted by atomic mass is 10.2. The zero-order valence-corrected chi connectivity index (χ0v) is 10.1. The van der Waals surface area contributed by atoms with Crippen LogP contribution in [-0.2, 0) is 0 Å². The third kappa shape index (κ3) is 2.82. The first-order valence-corrected chi connectivity index (χ1v) is 5.51. The van der Waals surface area contributed by atoms with Gasteiger partial charge in [0.05, 0.1) is 5.02 Å². The Morgan fingerprint density at radius 3 is 2.53 bits per heavy atom. The van der Waals surface area contributed by atoms with Crippen LogP contribution < -0.4 is 4.74 Å². The van der Waals surface area contributed by atoms with Crippen LogP contribution in [0.15, 0.2) is 36.4 Å². The number of aromatic carboxylic acids is 1. The van der Waals surface area contributed by atoms with Gasteiger partial charge in [0.15, 0.2) is 11.6 Å². The monoisotopic (exact) mass is 284 g/mol. The molecule has 0 spiro atoms. The number of rotatable bonds is 3. The summed E-state index contributed by atoms with van der Waals surface area (Å²) in [4.78, 5) is 11.1. The van der Waals surface area contributed by atoms with Crippen LogP contribution in [0.2, 0.25) is 5.02 Å². The van der Waals surface area contributed by atoms with Crippen LogP contribution in [0.1, 0.15) is 10.4 Å². The molecule has 2 aromatic carbocycles. The summed E-state index contributed by atoms with van der Waals surface area (Å²) in [5.41, 5.74) is -0.242. The van der Waals surface area contributed by atoms with E-state index in [1.807, 2.05) is 0 Å². The van der Waals surface area contributed by atoms with E-state index >= 15 is 0 Å². The summed E-state index contributed by atoms with van der Waals surface area (Å²) in [7, 11) is 0. The van der Waals surface area contributed by atoms with Crippen molar-refractivity contribution < 1.29 is 23.4 Å². The first kappa shape index (κ1) is 13.3. The Hall–Kier alpha value is -2.14. The molecule has 0 aromatic heterocycles. The lowest BCUT2D eigenvalue weighted by Crippen LogP contribution is -2.01. The van der Waals surface area contributed by atoms with Crippen LogP contribution >= 0.6 is 11.6 Å². The molecule has 2 aromatic rings. The van der Waals surface area contributed by atoms with Gasteiger partial charge in [0.25, 0.3) is 0 Å². The minimum Gasteiger partial charge on any atom is -0.478 e. The fourth-order valence-electron chi connectivity index (χ4n) is 1.46. The Labute approximate surface area is 112 Å². The van der Waals surface area contributed by atoms with E-state index in [9.17, 15) is 13.6 Å². The van der Waals surface area contributed by atoms with Crippen molar-refractivity contribution in [1.29, 1.82) is 0 Å². The van der Waals surface area contributed by atoms with E-state index in [-0.39, 0.29) is 22.1 Å². The second-order valence-electron chi connectivity index (χ2n) is 3.60. The molecule has 19 heavy (non-hydrogen) atoms. The lowest BCUT2D eigenvalue weighted by Gasteiger charge is -2.09. The molecule has 0 bridgehead atoms.